The minimum atomic E-state index is -0.296. The number of amides is 1. The molecule has 0 unspecified atom stereocenters. The fourth-order valence-electron chi connectivity index (χ4n) is 2.66. The van der Waals surface area contributed by atoms with Crippen LogP contribution in [0.4, 0.5) is 10.2 Å². The first-order valence-electron chi connectivity index (χ1n) is 8.18. The zero-order valence-electron chi connectivity index (χ0n) is 14.2. The zero-order chi connectivity index (χ0) is 17.8. The van der Waals surface area contributed by atoms with E-state index in [1.807, 2.05) is 19.9 Å². The molecule has 0 aliphatic carbocycles. The molecule has 2 aromatic heterocycles. The standard InChI is InChI=1S/C18H20FN5O/c1-3-9-23-16(7-8-20-23)18(25)22-17-13(2)11-21-24(17)12-14-5-4-6-15(19)10-14/h4-8,10-11H,3,9,12H2,1-2H3,(H,22,25). The van der Waals surface area contributed by atoms with E-state index >= 15 is 0 Å². The number of rotatable bonds is 6. The van der Waals surface area contributed by atoms with Gasteiger partial charge < -0.3 is 5.32 Å². The minimum Gasteiger partial charge on any atom is -0.305 e. The lowest BCUT2D eigenvalue weighted by Gasteiger charge is -2.11. The summed E-state index contributed by atoms with van der Waals surface area (Å²) in [4.78, 5) is 12.6. The van der Waals surface area contributed by atoms with Crippen LogP contribution in [0, 0.1) is 12.7 Å². The van der Waals surface area contributed by atoms with E-state index in [1.165, 1.54) is 12.1 Å². The third-order valence-electron chi connectivity index (χ3n) is 3.86. The van der Waals surface area contributed by atoms with Gasteiger partial charge in [0.25, 0.3) is 5.91 Å². The van der Waals surface area contributed by atoms with E-state index in [-0.39, 0.29) is 11.7 Å². The molecule has 0 aliphatic heterocycles. The maximum absolute atomic E-state index is 13.4. The van der Waals surface area contributed by atoms with Crippen molar-refractivity contribution < 1.29 is 9.18 Å². The largest absolute Gasteiger partial charge is 0.305 e. The number of nitrogens with one attached hydrogen (secondary N) is 1. The Morgan fingerprint density at radius 2 is 2.08 bits per heavy atom. The fraction of sp³-hybridized carbons (Fsp3) is 0.278. The lowest BCUT2D eigenvalue weighted by Crippen LogP contribution is -2.20. The lowest BCUT2D eigenvalue weighted by atomic mass is 10.2. The van der Waals surface area contributed by atoms with Crippen LogP contribution in [0.25, 0.3) is 0 Å². The van der Waals surface area contributed by atoms with E-state index in [2.05, 4.69) is 15.5 Å². The van der Waals surface area contributed by atoms with E-state index in [0.29, 0.717) is 24.6 Å². The van der Waals surface area contributed by atoms with Crippen molar-refractivity contribution in [1.82, 2.24) is 19.6 Å². The predicted octanol–water partition coefficient (Wildman–Crippen LogP) is 3.24. The Balaban J connectivity index is 1.82. The molecule has 7 heteroatoms. The Morgan fingerprint density at radius 1 is 1.24 bits per heavy atom. The molecule has 6 nitrogen and oxygen atoms in total. The van der Waals surface area contributed by atoms with Crippen LogP contribution in [0.2, 0.25) is 0 Å². The minimum absolute atomic E-state index is 0.241. The molecule has 0 saturated heterocycles. The number of hydrogen-bond donors (Lipinski definition) is 1. The molecule has 2 heterocycles. The van der Waals surface area contributed by atoms with Crippen molar-refractivity contribution in [3.63, 3.8) is 0 Å². The molecule has 1 amide bonds. The van der Waals surface area contributed by atoms with Gasteiger partial charge in [-0.25, -0.2) is 9.07 Å². The Morgan fingerprint density at radius 3 is 2.84 bits per heavy atom. The van der Waals surface area contributed by atoms with Gasteiger partial charge in [-0.05, 0) is 37.1 Å². The summed E-state index contributed by atoms with van der Waals surface area (Å²) in [6, 6.07) is 8.02. The zero-order valence-corrected chi connectivity index (χ0v) is 14.2. The number of aromatic nitrogens is 4. The monoisotopic (exact) mass is 341 g/mol. The molecule has 3 aromatic rings. The van der Waals surface area contributed by atoms with Crippen LogP contribution < -0.4 is 5.32 Å². The van der Waals surface area contributed by atoms with Crippen LogP contribution in [0.1, 0.15) is 35.0 Å². The van der Waals surface area contributed by atoms with Crippen molar-refractivity contribution in [2.75, 3.05) is 5.32 Å². The highest BCUT2D eigenvalue weighted by atomic mass is 19.1. The highest BCUT2D eigenvalue weighted by molar-refractivity contribution is 6.02. The van der Waals surface area contributed by atoms with Gasteiger partial charge in [-0.3, -0.25) is 9.48 Å². The highest BCUT2D eigenvalue weighted by Crippen LogP contribution is 2.17. The first-order valence-corrected chi connectivity index (χ1v) is 8.18. The summed E-state index contributed by atoms with van der Waals surface area (Å²) in [6.45, 7) is 4.95. The summed E-state index contributed by atoms with van der Waals surface area (Å²) in [6.07, 6.45) is 4.18. The maximum atomic E-state index is 13.4. The molecular weight excluding hydrogens is 321 g/mol. The van der Waals surface area contributed by atoms with E-state index < -0.39 is 0 Å². The second-order valence-electron chi connectivity index (χ2n) is 5.86. The van der Waals surface area contributed by atoms with Gasteiger partial charge in [-0.15, -0.1) is 0 Å². The van der Waals surface area contributed by atoms with Gasteiger partial charge in [0.05, 0.1) is 12.7 Å². The number of carbonyl (C=O) groups excluding carboxylic acids is 1. The van der Waals surface area contributed by atoms with Crippen molar-refractivity contribution in [1.29, 1.82) is 0 Å². The Labute approximate surface area is 145 Å². The number of anilines is 1. The normalized spacial score (nSPS) is 10.8. The van der Waals surface area contributed by atoms with Gasteiger partial charge in [-0.1, -0.05) is 19.1 Å². The first kappa shape index (κ1) is 16.9. The number of nitrogens with zero attached hydrogens (tertiary/aromatic N) is 4. The molecule has 0 saturated carbocycles. The molecule has 0 bridgehead atoms. The third-order valence-corrected chi connectivity index (χ3v) is 3.86. The van der Waals surface area contributed by atoms with Crippen molar-refractivity contribution in [2.45, 2.75) is 33.4 Å². The summed E-state index contributed by atoms with van der Waals surface area (Å²) in [7, 11) is 0. The molecule has 0 aliphatic rings. The number of aryl methyl sites for hydroxylation is 2. The summed E-state index contributed by atoms with van der Waals surface area (Å²) >= 11 is 0. The average Bonchev–Trinajstić information content (AvgIpc) is 3.17. The van der Waals surface area contributed by atoms with Crippen LogP contribution >= 0.6 is 0 Å². The average molecular weight is 341 g/mol. The van der Waals surface area contributed by atoms with Crippen LogP contribution in [0.5, 0.6) is 0 Å². The number of carbonyl (C=O) groups is 1. The molecule has 3 rings (SSSR count). The summed E-state index contributed by atoms with van der Waals surface area (Å²) in [5, 5.41) is 11.4. The van der Waals surface area contributed by atoms with Crippen LogP contribution in [0.15, 0.2) is 42.7 Å². The van der Waals surface area contributed by atoms with E-state index in [4.69, 9.17) is 0 Å². The lowest BCUT2D eigenvalue weighted by molar-refractivity contribution is 0.101. The number of halogens is 1. The molecule has 0 spiro atoms. The Kier molecular flexibility index (Phi) is 4.92. The number of hydrogen-bond acceptors (Lipinski definition) is 3. The highest BCUT2D eigenvalue weighted by Gasteiger charge is 2.16. The molecule has 1 aromatic carbocycles. The predicted molar refractivity (Wildman–Crippen MR) is 92.9 cm³/mol. The van der Waals surface area contributed by atoms with Gasteiger partial charge in [0.15, 0.2) is 0 Å². The number of benzene rings is 1. The molecule has 0 radical (unpaired) electrons. The molecule has 25 heavy (non-hydrogen) atoms. The van der Waals surface area contributed by atoms with Crippen LogP contribution in [-0.4, -0.2) is 25.5 Å². The quantitative estimate of drug-likeness (QED) is 0.748. The fourth-order valence-corrected chi connectivity index (χ4v) is 2.66. The van der Waals surface area contributed by atoms with Gasteiger partial charge in [0.1, 0.15) is 17.3 Å². The molecular formula is C18H20FN5O. The molecule has 0 atom stereocenters. The summed E-state index contributed by atoms with van der Waals surface area (Å²) < 4.78 is 16.7. The smallest absolute Gasteiger partial charge is 0.275 e. The van der Waals surface area contributed by atoms with E-state index in [0.717, 1.165) is 17.5 Å². The SMILES string of the molecule is CCCn1nccc1C(=O)Nc1c(C)cnn1Cc1cccc(F)c1. The second kappa shape index (κ2) is 7.29. The Hall–Kier alpha value is -2.96. The van der Waals surface area contributed by atoms with Crippen molar-refractivity contribution in [2.24, 2.45) is 0 Å². The van der Waals surface area contributed by atoms with Gasteiger partial charge in [-0.2, -0.15) is 10.2 Å². The van der Waals surface area contributed by atoms with Gasteiger partial charge in [0.2, 0.25) is 0 Å². The second-order valence-corrected chi connectivity index (χ2v) is 5.86. The van der Waals surface area contributed by atoms with E-state index in [9.17, 15) is 9.18 Å². The van der Waals surface area contributed by atoms with Crippen molar-refractivity contribution in [3.8, 4) is 0 Å². The van der Waals surface area contributed by atoms with E-state index in [1.54, 1.807) is 33.9 Å². The van der Waals surface area contributed by atoms with Crippen LogP contribution in [0.3, 0.4) is 0 Å². The maximum Gasteiger partial charge on any atom is 0.275 e. The van der Waals surface area contributed by atoms with Crippen molar-refractivity contribution in [3.05, 3.63) is 65.4 Å². The van der Waals surface area contributed by atoms with Gasteiger partial charge >= 0.3 is 0 Å². The van der Waals surface area contributed by atoms with Crippen molar-refractivity contribution >= 4 is 11.7 Å². The molecule has 130 valence electrons. The van der Waals surface area contributed by atoms with Gasteiger partial charge in [0, 0.05) is 18.3 Å². The summed E-state index contributed by atoms with van der Waals surface area (Å²) in [5.74, 6) is 0.0592. The third kappa shape index (κ3) is 3.76. The first-order chi connectivity index (χ1) is 12.1. The Bertz CT molecular complexity index is 883. The topological polar surface area (TPSA) is 64.7 Å². The van der Waals surface area contributed by atoms with Crippen LogP contribution in [-0.2, 0) is 13.1 Å². The molecule has 1 N–H and O–H groups in total. The molecule has 0 fully saturated rings. The summed E-state index contributed by atoms with van der Waals surface area (Å²) in [5.41, 5.74) is 2.11.